The Morgan fingerprint density at radius 2 is 2.15 bits per heavy atom. The van der Waals surface area contributed by atoms with E-state index >= 15 is 0 Å². The first-order valence-electron chi connectivity index (χ1n) is 4.28. The summed E-state index contributed by atoms with van der Waals surface area (Å²) in [4.78, 5) is 0.227. The van der Waals surface area contributed by atoms with Crippen LogP contribution in [0.3, 0.4) is 0 Å². The lowest BCUT2D eigenvalue weighted by Gasteiger charge is -2.00. The monoisotopic (exact) mass is 197 g/mol. The number of aliphatic hydroxyl groups excluding tert-OH is 1. The van der Waals surface area contributed by atoms with Crippen LogP contribution < -0.4 is 5.73 Å². The average molecular weight is 197 g/mol. The average Bonchev–Trinajstić information content (AvgIpc) is 2.33. The number of hydrogen-bond donors (Lipinski definition) is 2. The van der Waals surface area contributed by atoms with Crippen molar-refractivity contribution in [3.63, 3.8) is 0 Å². The van der Waals surface area contributed by atoms with Gasteiger partial charge in [-0.15, -0.1) is 0 Å². The largest absolute Gasteiger partial charge is 0.508 e. The molecule has 3 heteroatoms. The molecule has 0 aromatic rings. The fourth-order valence-electron chi connectivity index (χ4n) is 0.826. The standard InChI is InChI=1S/C8H9NOS.C2H6/c9-8(11)6-4-2-1-3-5-7(6)10;1-2/h1-2,4-5,10H,3H2,(H2,9,11);1-2H3. The summed E-state index contributed by atoms with van der Waals surface area (Å²) < 4.78 is 0. The first kappa shape index (κ1) is 11.9. The van der Waals surface area contributed by atoms with Crippen molar-refractivity contribution in [2.75, 3.05) is 0 Å². The summed E-state index contributed by atoms with van der Waals surface area (Å²) in [5, 5.41) is 9.30. The van der Waals surface area contributed by atoms with E-state index in [-0.39, 0.29) is 10.7 Å². The van der Waals surface area contributed by atoms with Crippen molar-refractivity contribution in [1.82, 2.24) is 0 Å². The van der Waals surface area contributed by atoms with Crippen molar-refractivity contribution in [2.45, 2.75) is 20.3 Å². The second-order valence-corrected chi connectivity index (χ2v) is 2.64. The number of aliphatic hydroxyl groups is 1. The summed E-state index contributed by atoms with van der Waals surface area (Å²) in [6.07, 6.45) is 7.85. The minimum atomic E-state index is 0.169. The summed E-state index contributed by atoms with van der Waals surface area (Å²) in [5.74, 6) is 0.169. The molecule has 0 aliphatic heterocycles. The van der Waals surface area contributed by atoms with E-state index in [2.05, 4.69) is 0 Å². The van der Waals surface area contributed by atoms with Gasteiger partial charge in [0.2, 0.25) is 0 Å². The summed E-state index contributed by atoms with van der Waals surface area (Å²) >= 11 is 4.73. The van der Waals surface area contributed by atoms with Crippen LogP contribution >= 0.6 is 12.2 Å². The Morgan fingerprint density at radius 3 is 2.69 bits per heavy atom. The van der Waals surface area contributed by atoms with Crippen molar-refractivity contribution in [1.29, 1.82) is 0 Å². The molecule has 0 atom stereocenters. The van der Waals surface area contributed by atoms with E-state index in [0.29, 0.717) is 12.0 Å². The third kappa shape index (κ3) is 3.90. The number of nitrogens with two attached hydrogens (primary N) is 1. The minimum Gasteiger partial charge on any atom is -0.508 e. The van der Waals surface area contributed by atoms with Crippen molar-refractivity contribution in [3.8, 4) is 0 Å². The highest BCUT2D eigenvalue weighted by atomic mass is 32.1. The van der Waals surface area contributed by atoms with Gasteiger partial charge < -0.3 is 10.8 Å². The normalized spacial score (nSPS) is 14.6. The third-order valence-corrected chi connectivity index (χ3v) is 1.61. The molecular formula is C10H15NOS. The summed E-state index contributed by atoms with van der Waals surface area (Å²) in [6.45, 7) is 4.00. The Hall–Kier alpha value is -1.09. The van der Waals surface area contributed by atoms with Crippen LogP contribution in [0.25, 0.3) is 0 Å². The molecule has 0 saturated heterocycles. The Balaban J connectivity index is 0.000000671. The van der Waals surface area contributed by atoms with Gasteiger partial charge in [-0.1, -0.05) is 38.2 Å². The Labute approximate surface area is 84.4 Å². The van der Waals surface area contributed by atoms with Crippen LogP contribution in [-0.4, -0.2) is 10.1 Å². The predicted molar refractivity (Wildman–Crippen MR) is 60.7 cm³/mol. The van der Waals surface area contributed by atoms with Gasteiger partial charge in [-0.05, 0) is 18.6 Å². The molecule has 1 aliphatic rings. The zero-order valence-corrected chi connectivity index (χ0v) is 8.77. The zero-order valence-electron chi connectivity index (χ0n) is 7.95. The lowest BCUT2D eigenvalue weighted by Crippen LogP contribution is -2.12. The van der Waals surface area contributed by atoms with E-state index in [0.717, 1.165) is 0 Å². The molecule has 0 heterocycles. The minimum absolute atomic E-state index is 0.169. The smallest absolute Gasteiger partial charge is 0.122 e. The Bertz CT molecular complexity index is 264. The third-order valence-electron chi connectivity index (χ3n) is 1.39. The van der Waals surface area contributed by atoms with Crippen LogP contribution in [0.5, 0.6) is 0 Å². The van der Waals surface area contributed by atoms with Gasteiger partial charge in [-0.3, -0.25) is 0 Å². The maximum Gasteiger partial charge on any atom is 0.122 e. The van der Waals surface area contributed by atoms with Gasteiger partial charge in [0.1, 0.15) is 10.7 Å². The van der Waals surface area contributed by atoms with Gasteiger partial charge in [-0.25, -0.2) is 0 Å². The second kappa shape index (κ2) is 6.43. The first-order chi connectivity index (χ1) is 6.22. The molecule has 0 fully saturated rings. The molecule has 0 bridgehead atoms. The van der Waals surface area contributed by atoms with Gasteiger partial charge >= 0.3 is 0 Å². The van der Waals surface area contributed by atoms with E-state index in [4.69, 9.17) is 18.0 Å². The maximum atomic E-state index is 9.30. The fourth-order valence-corrected chi connectivity index (χ4v) is 0.999. The van der Waals surface area contributed by atoms with E-state index in [1.54, 1.807) is 12.2 Å². The van der Waals surface area contributed by atoms with E-state index in [1.807, 2.05) is 26.0 Å². The molecule has 0 unspecified atom stereocenters. The Morgan fingerprint density at radius 1 is 1.54 bits per heavy atom. The molecule has 3 N–H and O–H groups in total. The second-order valence-electron chi connectivity index (χ2n) is 2.20. The lowest BCUT2D eigenvalue weighted by molar-refractivity contribution is 0.426. The van der Waals surface area contributed by atoms with Crippen molar-refractivity contribution in [3.05, 3.63) is 35.6 Å². The van der Waals surface area contributed by atoms with Crippen LogP contribution in [0.1, 0.15) is 20.3 Å². The highest BCUT2D eigenvalue weighted by Gasteiger charge is 2.05. The highest BCUT2D eigenvalue weighted by Crippen LogP contribution is 2.11. The van der Waals surface area contributed by atoms with Crippen molar-refractivity contribution >= 4 is 17.2 Å². The van der Waals surface area contributed by atoms with Crippen LogP contribution in [0.2, 0.25) is 0 Å². The number of hydrogen-bond acceptors (Lipinski definition) is 2. The molecule has 2 nitrogen and oxygen atoms in total. The van der Waals surface area contributed by atoms with Gasteiger partial charge in [0.05, 0.1) is 5.57 Å². The molecule has 0 amide bonds. The summed E-state index contributed by atoms with van der Waals surface area (Å²) in [7, 11) is 0. The van der Waals surface area contributed by atoms with Gasteiger partial charge in [0.25, 0.3) is 0 Å². The number of rotatable bonds is 1. The van der Waals surface area contributed by atoms with Crippen molar-refractivity contribution < 1.29 is 5.11 Å². The molecule has 1 rings (SSSR count). The van der Waals surface area contributed by atoms with Gasteiger partial charge in [-0.2, -0.15) is 0 Å². The molecule has 1 aliphatic carbocycles. The summed E-state index contributed by atoms with van der Waals surface area (Å²) in [5.41, 5.74) is 5.89. The SMILES string of the molecule is CC.NC(=S)C1=CC=CCC=C1O. The topological polar surface area (TPSA) is 46.2 Å². The predicted octanol–water partition coefficient (Wildman–Crippen LogP) is 2.63. The number of thiocarbonyl (C=S) groups is 1. The van der Waals surface area contributed by atoms with E-state index < -0.39 is 0 Å². The molecule has 13 heavy (non-hydrogen) atoms. The van der Waals surface area contributed by atoms with Gasteiger partial charge in [0, 0.05) is 0 Å². The fraction of sp³-hybridized carbons (Fsp3) is 0.300. The van der Waals surface area contributed by atoms with Crippen LogP contribution in [-0.2, 0) is 0 Å². The van der Waals surface area contributed by atoms with Crippen molar-refractivity contribution in [2.24, 2.45) is 5.73 Å². The lowest BCUT2D eigenvalue weighted by atomic mass is 10.2. The molecule has 0 aromatic carbocycles. The van der Waals surface area contributed by atoms with E-state index in [1.165, 1.54) is 0 Å². The molecule has 0 saturated carbocycles. The molecule has 0 aromatic heterocycles. The molecule has 72 valence electrons. The zero-order chi connectivity index (χ0) is 10.3. The van der Waals surface area contributed by atoms with Crippen LogP contribution in [0.15, 0.2) is 35.6 Å². The highest BCUT2D eigenvalue weighted by molar-refractivity contribution is 7.80. The van der Waals surface area contributed by atoms with Gasteiger partial charge in [0.15, 0.2) is 0 Å². The first-order valence-corrected chi connectivity index (χ1v) is 4.69. The summed E-state index contributed by atoms with van der Waals surface area (Å²) in [6, 6.07) is 0. The number of allylic oxidation sites excluding steroid dienone is 4. The Kier molecular flexibility index (Phi) is 5.89. The molecule has 0 spiro atoms. The molecule has 0 radical (unpaired) electrons. The van der Waals surface area contributed by atoms with Crippen LogP contribution in [0.4, 0.5) is 0 Å². The van der Waals surface area contributed by atoms with Crippen LogP contribution in [0, 0.1) is 0 Å². The maximum absolute atomic E-state index is 9.30. The quantitative estimate of drug-likeness (QED) is 0.635. The van der Waals surface area contributed by atoms with E-state index in [9.17, 15) is 5.11 Å². The molecular weight excluding hydrogens is 182 g/mol.